The van der Waals surface area contributed by atoms with Crippen molar-refractivity contribution in [3.63, 3.8) is 0 Å². The zero-order valence-corrected chi connectivity index (χ0v) is 12.4. The topological polar surface area (TPSA) is 38.5 Å². The fourth-order valence-electron chi connectivity index (χ4n) is 2.35. The van der Waals surface area contributed by atoms with E-state index in [1.54, 1.807) is 0 Å². The molecule has 18 heavy (non-hydrogen) atoms. The van der Waals surface area contributed by atoms with E-state index < -0.39 is 0 Å². The summed E-state index contributed by atoms with van der Waals surface area (Å²) in [5, 5.41) is 0. The Kier molecular flexibility index (Phi) is 5.03. The number of hydrogen-bond donors (Lipinski definition) is 1. The molecule has 0 aliphatic carbocycles. The van der Waals surface area contributed by atoms with E-state index in [-0.39, 0.29) is 0 Å². The zero-order valence-electron chi connectivity index (χ0n) is 10.9. The molecule has 2 rings (SSSR count). The summed E-state index contributed by atoms with van der Waals surface area (Å²) >= 11 is 3.56. The second kappa shape index (κ2) is 6.55. The average Bonchev–Trinajstić information content (AvgIpc) is 2.34. The maximum absolute atomic E-state index is 5.76. The van der Waals surface area contributed by atoms with E-state index in [0.29, 0.717) is 6.10 Å². The normalized spacial score (nSPS) is 20.3. The highest BCUT2D eigenvalue weighted by atomic mass is 79.9. The first-order valence-corrected chi connectivity index (χ1v) is 7.28. The smallest absolute Gasteiger partial charge is 0.0702 e. The quantitative estimate of drug-likeness (QED) is 0.869. The summed E-state index contributed by atoms with van der Waals surface area (Å²) < 4.78 is 6.84. The number of anilines is 1. The molecule has 3 nitrogen and oxygen atoms in total. The highest BCUT2D eigenvalue weighted by Gasteiger charge is 2.16. The summed E-state index contributed by atoms with van der Waals surface area (Å²) in [4.78, 5) is 2.31. The fraction of sp³-hybridized carbons (Fsp3) is 0.571. The van der Waals surface area contributed by atoms with E-state index in [9.17, 15) is 0 Å². The minimum absolute atomic E-state index is 0.399. The number of nitrogens with zero attached hydrogens (tertiary/aromatic N) is 1. The van der Waals surface area contributed by atoms with Gasteiger partial charge in [-0.2, -0.15) is 0 Å². The standard InChI is InChI=1S/C14H21BrN2O/c1-17(10-13-4-2-3-7-18-13)9-11-5-6-12(16)8-14(11)15/h5-6,8,13H,2-4,7,9-10,16H2,1H3. The maximum Gasteiger partial charge on any atom is 0.0702 e. The highest BCUT2D eigenvalue weighted by molar-refractivity contribution is 9.10. The molecule has 0 saturated carbocycles. The number of nitrogens with two attached hydrogens (primary N) is 1. The molecule has 4 heteroatoms. The van der Waals surface area contributed by atoms with Crippen LogP contribution in [0, 0.1) is 0 Å². The van der Waals surface area contributed by atoms with Gasteiger partial charge in [0.25, 0.3) is 0 Å². The summed E-state index contributed by atoms with van der Waals surface area (Å²) in [5.74, 6) is 0. The fourth-order valence-corrected chi connectivity index (χ4v) is 2.87. The monoisotopic (exact) mass is 312 g/mol. The van der Waals surface area contributed by atoms with Crippen LogP contribution in [0.2, 0.25) is 0 Å². The number of hydrogen-bond acceptors (Lipinski definition) is 3. The van der Waals surface area contributed by atoms with Crippen LogP contribution in [-0.4, -0.2) is 31.2 Å². The van der Waals surface area contributed by atoms with Crippen LogP contribution in [0.3, 0.4) is 0 Å². The Bertz CT molecular complexity index is 391. The van der Waals surface area contributed by atoms with Crippen molar-refractivity contribution in [3.05, 3.63) is 28.2 Å². The lowest BCUT2D eigenvalue weighted by Crippen LogP contribution is -2.33. The molecule has 1 aliphatic rings. The molecule has 0 radical (unpaired) electrons. The van der Waals surface area contributed by atoms with Gasteiger partial charge >= 0.3 is 0 Å². The van der Waals surface area contributed by atoms with E-state index in [1.807, 2.05) is 12.1 Å². The second-order valence-electron chi connectivity index (χ2n) is 5.04. The summed E-state index contributed by atoms with van der Waals surface area (Å²) in [7, 11) is 2.14. The minimum Gasteiger partial charge on any atom is -0.399 e. The minimum atomic E-state index is 0.399. The van der Waals surface area contributed by atoms with Crippen LogP contribution in [0.5, 0.6) is 0 Å². The lowest BCUT2D eigenvalue weighted by molar-refractivity contribution is -0.00261. The van der Waals surface area contributed by atoms with Crippen LogP contribution in [0.4, 0.5) is 5.69 Å². The Hall–Kier alpha value is -0.580. The number of likely N-dealkylation sites (N-methyl/N-ethyl adjacent to an activating group) is 1. The average molecular weight is 313 g/mol. The van der Waals surface area contributed by atoms with Crippen molar-refractivity contribution < 1.29 is 4.74 Å². The SMILES string of the molecule is CN(Cc1ccc(N)cc1Br)CC1CCCCO1. The van der Waals surface area contributed by atoms with Gasteiger partial charge in [0.05, 0.1) is 6.10 Å². The lowest BCUT2D eigenvalue weighted by atomic mass is 10.1. The van der Waals surface area contributed by atoms with Gasteiger partial charge in [0.2, 0.25) is 0 Å². The van der Waals surface area contributed by atoms with Crippen molar-refractivity contribution in [2.75, 3.05) is 25.9 Å². The van der Waals surface area contributed by atoms with E-state index in [1.165, 1.54) is 24.8 Å². The summed E-state index contributed by atoms with van der Waals surface area (Å²) in [5.41, 5.74) is 7.81. The molecule has 1 aromatic carbocycles. The van der Waals surface area contributed by atoms with Crippen molar-refractivity contribution in [2.45, 2.75) is 31.9 Å². The van der Waals surface area contributed by atoms with Gasteiger partial charge in [-0.3, -0.25) is 4.90 Å². The van der Waals surface area contributed by atoms with Crippen LogP contribution < -0.4 is 5.73 Å². The molecule has 2 N–H and O–H groups in total. The van der Waals surface area contributed by atoms with Crippen molar-refractivity contribution in [2.24, 2.45) is 0 Å². The van der Waals surface area contributed by atoms with Crippen molar-refractivity contribution >= 4 is 21.6 Å². The lowest BCUT2D eigenvalue weighted by Gasteiger charge is -2.27. The third-order valence-corrected chi connectivity index (χ3v) is 4.04. The Labute approximate surface area is 117 Å². The van der Waals surface area contributed by atoms with Crippen molar-refractivity contribution in [1.29, 1.82) is 0 Å². The molecule has 0 spiro atoms. The number of ether oxygens (including phenoxy) is 1. The molecule has 1 aliphatic heterocycles. The zero-order chi connectivity index (χ0) is 13.0. The predicted octanol–water partition coefficient (Wildman–Crippen LogP) is 3.03. The van der Waals surface area contributed by atoms with Crippen molar-refractivity contribution in [3.8, 4) is 0 Å². The summed E-state index contributed by atoms with van der Waals surface area (Å²) in [6.45, 7) is 2.83. The first-order chi connectivity index (χ1) is 8.65. The Morgan fingerprint density at radius 2 is 2.28 bits per heavy atom. The molecule has 1 aromatic rings. The van der Waals surface area contributed by atoms with E-state index in [2.05, 4.69) is 33.9 Å². The van der Waals surface area contributed by atoms with Crippen LogP contribution in [0.15, 0.2) is 22.7 Å². The molecule has 1 saturated heterocycles. The van der Waals surface area contributed by atoms with Crippen molar-refractivity contribution in [1.82, 2.24) is 4.90 Å². The Morgan fingerprint density at radius 3 is 2.94 bits per heavy atom. The maximum atomic E-state index is 5.76. The second-order valence-corrected chi connectivity index (χ2v) is 5.89. The van der Waals surface area contributed by atoms with Gasteiger partial charge in [0.1, 0.15) is 0 Å². The summed E-state index contributed by atoms with van der Waals surface area (Å²) in [6, 6.07) is 5.99. The Morgan fingerprint density at radius 1 is 1.44 bits per heavy atom. The molecule has 0 bridgehead atoms. The molecule has 1 atom stereocenters. The Balaban J connectivity index is 1.87. The van der Waals surface area contributed by atoms with Gasteiger partial charge < -0.3 is 10.5 Å². The molecule has 1 fully saturated rings. The van der Waals surface area contributed by atoms with Crippen LogP contribution in [0.1, 0.15) is 24.8 Å². The molecule has 100 valence electrons. The third-order valence-electron chi connectivity index (χ3n) is 3.31. The molecule has 0 aromatic heterocycles. The first kappa shape index (κ1) is 13.8. The van der Waals surface area contributed by atoms with Gasteiger partial charge in [0, 0.05) is 29.9 Å². The van der Waals surface area contributed by atoms with Gasteiger partial charge in [-0.05, 0) is 44.0 Å². The van der Waals surface area contributed by atoms with Gasteiger partial charge in [0.15, 0.2) is 0 Å². The molecule has 0 amide bonds. The highest BCUT2D eigenvalue weighted by Crippen LogP contribution is 2.21. The molecule has 1 unspecified atom stereocenters. The molecular weight excluding hydrogens is 292 g/mol. The van der Waals surface area contributed by atoms with Gasteiger partial charge in [-0.1, -0.05) is 22.0 Å². The van der Waals surface area contributed by atoms with Crippen LogP contribution >= 0.6 is 15.9 Å². The predicted molar refractivity (Wildman–Crippen MR) is 78.5 cm³/mol. The number of nitrogen functional groups attached to an aromatic ring is 1. The van der Waals surface area contributed by atoms with Crippen LogP contribution in [-0.2, 0) is 11.3 Å². The van der Waals surface area contributed by atoms with E-state index >= 15 is 0 Å². The largest absolute Gasteiger partial charge is 0.399 e. The van der Waals surface area contributed by atoms with Crippen LogP contribution in [0.25, 0.3) is 0 Å². The third kappa shape index (κ3) is 3.97. The number of halogens is 1. The molecular formula is C14H21BrN2O. The van der Waals surface area contributed by atoms with E-state index in [0.717, 1.165) is 29.9 Å². The number of rotatable bonds is 4. The first-order valence-electron chi connectivity index (χ1n) is 6.49. The van der Waals surface area contributed by atoms with E-state index in [4.69, 9.17) is 10.5 Å². The van der Waals surface area contributed by atoms with Gasteiger partial charge in [-0.25, -0.2) is 0 Å². The number of benzene rings is 1. The molecule has 1 heterocycles. The summed E-state index contributed by atoms with van der Waals surface area (Å²) in [6.07, 6.45) is 4.09. The van der Waals surface area contributed by atoms with Gasteiger partial charge in [-0.15, -0.1) is 0 Å².